The zero-order valence-corrected chi connectivity index (χ0v) is 18.8. The average Bonchev–Trinajstić information content (AvgIpc) is 2.72. The first kappa shape index (κ1) is 21.9. The summed E-state index contributed by atoms with van der Waals surface area (Å²) in [6, 6.07) is 13.1. The van der Waals surface area contributed by atoms with Crippen molar-refractivity contribution in [3.63, 3.8) is 0 Å². The van der Waals surface area contributed by atoms with Gasteiger partial charge in [0.25, 0.3) is 0 Å². The largest absolute Gasteiger partial charge is 0.491 e. The maximum atomic E-state index is 12.3. The molecule has 4 rings (SSSR count). The smallest absolute Gasteiger partial charge is 0.170 e. The molecule has 2 aliphatic heterocycles. The third-order valence-corrected chi connectivity index (χ3v) is 6.02. The van der Waals surface area contributed by atoms with E-state index in [0.29, 0.717) is 30.0 Å². The Labute approximate surface area is 188 Å². The number of ketones is 1. The molecule has 0 amide bonds. The van der Waals surface area contributed by atoms with Crippen molar-refractivity contribution in [3.8, 4) is 11.5 Å². The highest BCUT2D eigenvalue weighted by Gasteiger charge is 2.32. The molecule has 1 atom stereocenters. The predicted molar refractivity (Wildman–Crippen MR) is 122 cm³/mol. The summed E-state index contributed by atoms with van der Waals surface area (Å²) in [5.74, 6) is 1.21. The van der Waals surface area contributed by atoms with Crippen molar-refractivity contribution >= 4 is 23.1 Å². The number of nitrogens with zero attached hydrogens (tertiary/aromatic N) is 2. The predicted octanol–water partition coefficient (Wildman–Crippen LogP) is 3.65. The molecule has 2 heterocycles. The van der Waals surface area contributed by atoms with Crippen LogP contribution in [0, 0.1) is 0 Å². The summed E-state index contributed by atoms with van der Waals surface area (Å²) in [5, 5.41) is 11.2. The summed E-state index contributed by atoms with van der Waals surface area (Å²) in [6.07, 6.45) is -0.246. The van der Waals surface area contributed by atoms with E-state index in [2.05, 4.69) is 9.80 Å². The van der Waals surface area contributed by atoms with Crippen LogP contribution in [0.2, 0.25) is 5.02 Å². The van der Waals surface area contributed by atoms with Crippen molar-refractivity contribution in [1.29, 1.82) is 0 Å². The minimum absolute atomic E-state index is 0.0776. The van der Waals surface area contributed by atoms with Crippen LogP contribution >= 0.6 is 11.6 Å². The number of piperazine rings is 1. The Morgan fingerprint density at radius 3 is 2.65 bits per heavy atom. The Balaban J connectivity index is 1.26. The van der Waals surface area contributed by atoms with E-state index >= 15 is 0 Å². The maximum Gasteiger partial charge on any atom is 0.170 e. The summed E-state index contributed by atoms with van der Waals surface area (Å²) in [5.41, 5.74) is 1.13. The lowest BCUT2D eigenvalue weighted by Gasteiger charge is -2.37. The molecule has 1 unspecified atom stereocenters. The van der Waals surface area contributed by atoms with Gasteiger partial charge in [-0.15, -0.1) is 0 Å². The number of carbonyl (C=O) groups excluding carboxylic acids is 1. The van der Waals surface area contributed by atoms with Gasteiger partial charge in [0.15, 0.2) is 5.78 Å². The van der Waals surface area contributed by atoms with Crippen LogP contribution in [0.1, 0.15) is 30.6 Å². The molecule has 2 aliphatic rings. The van der Waals surface area contributed by atoms with Crippen LogP contribution in [-0.4, -0.2) is 66.8 Å². The highest BCUT2D eigenvalue weighted by Crippen LogP contribution is 2.35. The van der Waals surface area contributed by atoms with E-state index in [1.807, 2.05) is 38.1 Å². The number of anilines is 1. The Morgan fingerprint density at radius 2 is 1.90 bits per heavy atom. The molecular weight excluding hydrogens is 416 g/mol. The molecule has 1 N–H and O–H groups in total. The van der Waals surface area contributed by atoms with Crippen molar-refractivity contribution in [2.45, 2.75) is 32.0 Å². The molecule has 0 aliphatic carbocycles. The number of aliphatic hydroxyl groups is 1. The molecule has 1 fully saturated rings. The molecule has 6 nitrogen and oxygen atoms in total. The maximum absolute atomic E-state index is 12.3. The minimum atomic E-state index is -0.609. The summed E-state index contributed by atoms with van der Waals surface area (Å²) in [4.78, 5) is 16.8. The van der Waals surface area contributed by atoms with E-state index in [1.54, 1.807) is 18.2 Å². The van der Waals surface area contributed by atoms with Crippen molar-refractivity contribution < 1.29 is 19.4 Å². The van der Waals surface area contributed by atoms with Gasteiger partial charge in [-0.1, -0.05) is 23.7 Å². The Kier molecular flexibility index (Phi) is 6.42. The monoisotopic (exact) mass is 444 g/mol. The van der Waals surface area contributed by atoms with Crippen LogP contribution in [0.25, 0.3) is 0 Å². The highest BCUT2D eigenvalue weighted by molar-refractivity contribution is 6.33. The van der Waals surface area contributed by atoms with E-state index in [4.69, 9.17) is 21.1 Å². The van der Waals surface area contributed by atoms with Gasteiger partial charge in [-0.2, -0.15) is 0 Å². The molecule has 0 aromatic heterocycles. The van der Waals surface area contributed by atoms with Crippen molar-refractivity contribution in [2.75, 3.05) is 44.2 Å². The van der Waals surface area contributed by atoms with Crippen LogP contribution in [0.4, 0.5) is 5.69 Å². The Morgan fingerprint density at radius 1 is 1.16 bits per heavy atom. The van der Waals surface area contributed by atoms with Gasteiger partial charge < -0.3 is 19.5 Å². The number of hydrogen-bond donors (Lipinski definition) is 1. The highest BCUT2D eigenvalue weighted by atomic mass is 35.5. The van der Waals surface area contributed by atoms with E-state index < -0.39 is 11.7 Å². The van der Waals surface area contributed by atoms with Crippen molar-refractivity contribution in [3.05, 3.63) is 53.1 Å². The third kappa shape index (κ3) is 5.32. The molecule has 0 radical (unpaired) electrons. The quantitative estimate of drug-likeness (QED) is 0.733. The number of ether oxygens (including phenoxy) is 2. The van der Waals surface area contributed by atoms with Gasteiger partial charge >= 0.3 is 0 Å². The standard InChI is InChI=1S/C24H29ClN2O4/c1-24(2)14-22(29)19-8-7-18(13-23(19)31-24)30-16-17(28)15-26-9-11-27(12-10-26)21-6-4-3-5-20(21)25/h3-8,13,17,28H,9-12,14-16H2,1-2H3. The topological polar surface area (TPSA) is 62.2 Å². The number of halogens is 1. The number of β-amino-alcohol motifs (C(OH)–C–C–N with tert-alkyl or cyclic N) is 1. The second-order valence-corrected chi connectivity index (χ2v) is 9.23. The minimum Gasteiger partial charge on any atom is -0.491 e. The first-order chi connectivity index (χ1) is 14.8. The fourth-order valence-corrected chi connectivity index (χ4v) is 4.40. The molecular formula is C24H29ClN2O4. The van der Waals surface area contributed by atoms with Gasteiger partial charge in [-0.3, -0.25) is 9.69 Å². The first-order valence-electron chi connectivity index (χ1n) is 10.7. The zero-order valence-electron chi connectivity index (χ0n) is 18.0. The molecule has 2 aromatic rings. The van der Waals surface area contributed by atoms with Crippen LogP contribution < -0.4 is 14.4 Å². The van der Waals surface area contributed by atoms with Gasteiger partial charge in [0, 0.05) is 38.8 Å². The fourth-order valence-electron chi connectivity index (χ4n) is 4.15. The number of rotatable bonds is 6. The molecule has 166 valence electrons. The lowest BCUT2D eigenvalue weighted by molar-refractivity contribution is 0.0596. The van der Waals surface area contributed by atoms with Crippen molar-refractivity contribution in [1.82, 2.24) is 4.90 Å². The van der Waals surface area contributed by atoms with Crippen LogP contribution in [0.15, 0.2) is 42.5 Å². The van der Waals surface area contributed by atoms with E-state index in [1.165, 1.54) is 0 Å². The average molecular weight is 445 g/mol. The number of benzene rings is 2. The van der Waals surface area contributed by atoms with Crippen LogP contribution in [-0.2, 0) is 0 Å². The number of fused-ring (bicyclic) bond motifs is 1. The van der Waals surface area contributed by atoms with E-state index in [0.717, 1.165) is 36.9 Å². The van der Waals surface area contributed by atoms with Crippen LogP contribution in [0.3, 0.4) is 0 Å². The van der Waals surface area contributed by atoms with Gasteiger partial charge in [-0.05, 0) is 38.1 Å². The summed E-state index contributed by atoms with van der Waals surface area (Å²) < 4.78 is 11.7. The number of para-hydroxylation sites is 1. The van der Waals surface area contributed by atoms with Gasteiger partial charge in [0.2, 0.25) is 0 Å². The Hall–Kier alpha value is -2.28. The second-order valence-electron chi connectivity index (χ2n) is 8.82. The van der Waals surface area contributed by atoms with E-state index in [9.17, 15) is 9.90 Å². The molecule has 0 saturated carbocycles. The van der Waals surface area contributed by atoms with Gasteiger partial charge in [0.05, 0.1) is 22.7 Å². The van der Waals surface area contributed by atoms with E-state index in [-0.39, 0.29) is 12.4 Å². The second kappa shape index (κ2) is 9.07. The number of aliphatic hydroxyl groups excluding tert-OH is 1. The molecule has 0 bridgehead atoms. The van der Waals surface area contributed by atoms with Crippen molar-refractivity contribution in [2.24, 2.45) is 0 Å². The molecule has 31 heavy (non-hydrogen) atoms. The molecule has 2 aromatic carbocycles. The number of carbonyl (C=O) groups is 1. The van der Waals surface area contributed by atoms with Gasteiger partial charge in [-0.25, -0.2) is 0 Å². The van der Waals surface area contributed by atoms with Crippen LogP contribution in [0.5, 0.6) is 11.5 Å². The fraction of sp³-hybridized carbons (Fsp3) is 0.458. The summed E-state index contributed by atoms with van der Waals surface area (Å²) in [6.45, 7) is 7.96. The van der Waals surface area contributed by atoms with Gasteiger partial charge in [0.1, 0.15) is 29.8 Å². The lowest BCUT2D eigenvalue weighted by atomic mass is 9.93. The Bertz CT molecular complexity index is 941. The number of hydrogen-bond acceptors (Lipinski definition) is 6. The molecule has 0 spiro atoms. The normalized spacial score (nSPS) is 19.5. The molecule has 1 saturated heterocycles. The summed E-state index contributed by atoms with van der Waals surface area (Å²) in [7, 11) is 0. The SMILES string of the molecule is CC1(C)CC(=O)c2ccc(OCC(O)CN3CCN(c4ccccc4Cl)CC3)cc2O1. The third-order valence-electron chi connectivity index (χ3n) is 5.70. The number of Topliss-reactive ketones (excluding diaryl/α,β-unsaturated/α-hetero) is 1. The molecule has 7 heteroatoms. The summed E-state index contributed by atoms with van der Waals surface area (Å²) >= 11 is 6.31. The lowest BCUT2D eigenvalue weighted by Crippen LogP contribution is -2.49. The first-order valence-corrected chi connectivity index (χ1v) is 11.1. The zero-order chi connectivity index (χ0) is 22.0.